The van der Waals surface area contributed by atoms with Gasteiger partial charge >= 0.3 is 0 Å². The summed E-state index contributed by atoms with van der Waals surface area (Å²) in [7, 11) is 3.30. The van der Waals surface area contributed by atoms with Crippen molar-refractivity contribution < 1.29 is 33.9 Å². The van der Waals surface area contributed by atoms with Crippen molar-refractivity contribution in [1.82, 2.24) is 4.90 Å². The number of ether oxygens (including phenoxy) is 5. The third kappa shape index (κ3) is 7.94. The summed E-state index contributed by atoms with van der Waals surface area (Å²) in [5.41, 5.74) is 2.70. The van der Waals surface area contributed by atoms with Crippen LogP contribution in [-0.2, 0) is 27.4 Å². The Morgan fingerprint density at radius 1 is 0.795 bits per heavy atom. The lowest BCUT2D eigenvalue weighted by Gasteiger charge is -2.42. The summed E-state index contributed by atoms with van der Waals surface area (Å²) in [4.78, 5) is 2.22. The highest BCUT2D eigenvalue weighted by molar-refractivity contribution is 5.33. The van der Waals surface area contributed by atoms with Crippen LogP contribution in [0.15, 0.2) is 72.8 Å². The van der Waals surface area contributed by atoms with Crippen molar-refractivity contribution in [1.29, 1.82) is 0 Å². The maximum atomic E-state index is 11.1. The first-order valence-corrected chi connectivity index (χ1v) is 13.2. The third-order valence-corrected chi connectivity index (χ3v) is 7.04. The number of morpholine rings is 1. The Balaban J connectivity index is 1.40. The molecule has 0 amide bonds. The van der Waals surface area contributed by atoms with Crippen LogP contribution in [0.25, 0.3) is 0 Å². The van der Waals surface area contributed by atoms with E-state index in [9.17, 15) is 10.2 Å². The van der Waals surface area contributed by atoms with E-state index in [-0.39, 0.29) is 24.0 Å². The van der Waals surface area contributed by atoms with Crippen LogP contribution < -0.4 is 9.47 Å². The van der Waals surface area contributed by atoms with Crippen molar-refractivity contribution in [3.8, 4) is 17.2 Å². The summed E-state index contributed by atoms with van der Waals surface area (Å²) >= 11 is 0. The molecule has 210 valence electrons. The van der Waals surface area contributed by atoms with Crippen LogP contribution in [-0.4, -0.2) is 73.9 Å². The summed E-state index contributed by atoms with van der Waals surface area (Å²) in [6, 6.07) is 22.1. The first-order chi connectivity index (χ1) is 19.0. The molecule has 0 spiro atoms. The minimum atomic E-state index is -0.728. The van der Waals surface area contributed by atoms with Gasteiger partial charge in [-0.1, -0.05) is 48.5 Å². The van der Waals surface area contributed by atoms with E-state index in [1.54, 1.807) is 38.5 Å². The van der Waals surface area contributed by atoms with Crippen LogP contribution in [0.1, 0.15) is 29.7 Å². The number of aromatic hydroxyl groups is 1. The highest BCUT2D eigenvalue weighted by Crippen LogP contribution is 2.27. The molecule has 3 aromatic rings. The van der Waals surface area contributed by atoms with Crippen molar-refractivity contribution in [2.45, 2.75) is 44.5 Å². The molecule has 2 N–H and O–H groups in total. The molecule has 8 nitrogen and oxygen atoms in total. The summed E-state index contributed by atoms with van der Waals surface area (Å²) < 4.78 is 29.4. The van der Waals surface area contributed by atoms with Gasteiger partial charge in [-0.3, -0.25) is 4.90 Å². The van der Waals surface area contributed by atoms with Crippen molar-refractivity contribution >= 4 is 0 Å². The standard InChI is InChI=1S/C31H39NO7/c1-22(31(34)23-12-14-26(33)15-13-23)32-16-27(20-37-18-24-8-4-6-10-29(24)35-2)39-28(17-32)21-38-19-25-9-5-7-11-30(25)36-3/h4-15,22,27-28,31,33-34H,16-21H2,1-3H3/t22-,27-,28+,31+/m0/s1. The maximum Gasteiger partial charge on any atom is 0.124 e. The molecule has 1 saturated heterocycles. The van der Waals surface area contributed by atoms with Gasteiger partial charge in [0.1, 0.15) is 17.2 Å². The first-order valence-electron chi connectivity index (χ1n) is 13.2. The van der Waals surface area contributed by atoms with Gasteiger partial charge in [-0.25, -0.2) is 0 Å². The lowest BCUT2D eigenvalue weighted by atomic mass is 10.0. The fourth-order valence-corrected chi connectivity index (χ4v) is 4.87. The number of benzene rings is 3. The molecule has 4 rings (SSSR count). The topological polar surface area (TPSA) is 89.9 Å². The number of hydrogen-bond donors (Lipinski definition) is 2. The number of hydrogen-bond acceptors (Lipinski definition) is 8. The average molecular weight is 538 g/mol. The Morgan fingerprint density at radius 3 is 1.77 bits per heavy atom. The number of para-hydroxylation sites is 2. The number of phenols is 1. The van der Waals surface area contributed by atoms with Crippen LogP contribution >= 0.6 is 0 Å². The van der Waals surface area contributed by atoms with Crippen LogP contribution in [0.2, 0.25) is 0 Å². The fourth-order valence-electron chi connectivity index (χ4n) is 4.87. The molecule has 1 heterocycles. The molecule has 0 aliphatic carbocycles. The average Bonchev–Trinajstić information content (AvgIpc) is 2.97. The van der Waals surface area contributed by atoms with Crippen LogP contribution in [0.4, 0.5) is 0 Å². The number of methoxy groups -OCH3 is 2. The van der Waals surface area contributed by atoms with E-state index in [0.29, 0.717) is 39.5 Å². The second-order valence-corrected chi connectivity index (χ2v) is 9.76. The molecule has 1 aliphatic heterocycles. The zero-order valence-corrected chi connectivity index (χ0v) is 22.9. The number of aliphatic hydroxyl groups is 1. The van der Waals surface area contributed by atoms with Gasteiger partial charge in [0.15, 0.2) is 0 Å². The normalized spacial score (nSPS) is 19.4. The van der Waals surface area contributed by atoms with E-state index in [2.05, 4.69) is 4.90 Å². The van der Waals surface area contributed by atoms with E-state index in [0.717, 1.165) is 28.2 Å². The molecule has 3 aromatic carbocycles. The van der Waals surface area contributed by atoms with Crippen molar-refractivity contribution in [2.75, 3.05) is 40.5 Å². The minimum Gasteiger partial charge on any atom is -0.508 e. The minimum absolute atomic E-state index is 0.171. The highest BCUT2D eigenvalue weighted by Gasteiger charge is 2.33. The van der Waals surface area contributed by atoms with Gasteiger partial charge in [0.2, 0.25) is 0 Å². The van der Waals surface area contributed by atoms with E-state index in [1.807, 2.05) is 55.5 Å². The Morgan fingerprint density at radius 2 is 1.28 bits per heavy atom. The van der Waals surface area contributed by atoms with Gasteiger partial charge < -0.3 is 33.9 Å². The lowest BCUT2D eigenvalue weighted by Crippen LogP contribution is -2.54. The van der Waals surface area contributed by atoms with Gasteiger partial charge in [0.25, 0.3) is 0 Å². The molecular formula is C31H39NO7. The van der Waals surface area contributed by atoms with E-state index < -0.39 is 6.10 Å². The van der Waals surface area contributed by atoms with Crippen molar-refractivity contribution in [3.05, 3.63) is 89.5 Å². The molecular weight excluding hydrogens is 498 g/mol. The van der Waals surface area contributed by atoms with Crippen LogP contribution in [0, 0.1) is 0 Å². The largest absolute Gasteiger partial charge is 0.508 e. The first kappa shape index (κ1) is 28.9. The quantitative estimate of drug-likeness (QED) is 0.333. The summed E-state index contributed by atoms with van der Waals surface area (Å²) in [6.45, 7) is 4.80. The number of nitrogens with zero attached hydrogens (tertiary/aromatic N) is 1. The third-order valence-electron chi connectivity index (χ3n) is 7.04. The smallest absolute Gasteiger partial charge is 0.124 e. The zero-order valence-electron chi connectivity index (χ0n) is 22.9. The van der Waals surface area contributed by atoms with Gasteiger partial charge in [-0.05, 0) is 36.8 Å². The number of aliphatic hydroxyl groups excluding tert-OH is 1. The number of phenolic OH excluding ortho intramolecular Hbond substituents is 1. The predicted molar refractivity (Wildman–Crippen MR) is 148 cm³/mol. The molecule has 0 radical (unpaired) electrons. The summed E-state index contributed by atoms with van der Waals surface area (Å²) in [6.07, 6.45) is -1.14. The molecule has 39 heavy (non-hydrogen) atoms. The molecule has 8 heteroatoms. The predicted octanol–water partition coefficient (Wildman–Crippen LogP) is 4.33. The van der Waals surface area contributed by atoms with Gasteiger partial charge in [0.05, 0.1) is 59.0 Å². The van der Waals surface area contributed by atoms with Gasteiger partial charge in [-0.15, -0.1) is 0 Å². The molecule has 0 saturated carbocycles. The summed E-state index contributed by atoms with van der Waals surface area (Å²) in [5.74, 6) is 1.75. The van der Waals surface area contributed by atoms with E-state index >= 15 is 0 Å². The summed E-state index contributed by atoms with van der Waals surface area (Å²) in [5, 5.41) is 20.8. The van der Waals surface area contributed by atoms with Crippen LogP contribution in [0.3, 0.4) is 0 Å². The van der Waals surface area contributed by atoms with E-state index in [4.69, 9.17) is 23.7 Å². The Labute approximate surface area is 230 Å². The van der Waals surface area contributed by atoms with E-state index in [1.165, 1.54) is 0 Å². The molecule has 0 aromatic heterocycles. The van der Waals surface area contributed by atoms with Gasteiger partial charge in [-0.2, -0.15) is 0 Å². The molecule has 0 unspecified atom stereocenters. The lowest BCUT2D eigenvalue weighted by molar-refractivity contribution is -0.150. The monoisotopic (exact) mass is 537 g/mol. The fraction of sp³-hybridized carbons (Fsp3) is 0.419. The maximum absolute atomic E-state index is 11.1. The molecule has 1 fully saturated rings. The SMILES string of the molecule is COc1ccccc1COC[C@@H]1CN([C@@H](C)[C@@H](O)c2ccc(O)cc2)C[C@H](COCc2ccccc2OC)O1. The Kier molecular flexibility index (Phi) is 10.6. The second-order valence-electron chi connectivity index (χ2n) is 9.76. The van der Waals surface area contributed by atoms with Crippen LogP contribution in [0.5, 0.6) is 17.2 Å². The van der Waals surface area contributed by atoms with Gasteiger partial charge in [0, 0.05) is 30.3 Å². The number of rotatable bonds is 13. The van der Waals surface area contributed by atoms with Crippen molar-refractivity contribution in [2.24, 2.45) is 0 Å². The molecule has 0 bridgehead atoms. The van der Waals surface area contributed by atoms with Crippen molar-refractivity contribution in [3.63, 3.8) is 0 Å². The zero-order chi connectivity index (χ0) is 27.6. The second kappa shape index (κ2) is 14.3. The molecule has 1 aliphatic rings. The molecule has 4 atom stereocenters. The highest BCUT2D eigenvalue weighted by atomic mass is 16.6. The Bertz CT molecular complexity index is 1090. The Hall–Kier alpha value is -3.14.